The Morgan fingerprint density at radius 3 is 2.75 bits per heavy atom. The van der Waals surface area contributed by atoms with E-state index >= 15 is 0 Å². The first-order valence-corrected chi connectivity index (χ1v) is 4.47. The molecule has 0 amide bonds. The van der Waals surface area contributed by atoms with Gasteiger partial charge in [0, 0.05) is 0 Å². The Balaban J connectivity index is 2.34. The van der Waals surface area contributed by atoms with E-state index in [2.05, 4.69) is 12.2 Å². The highest BCUT2D eigenvalue weighted by atomic mass is 16.5. The molecule has 12 heavy (non-hydrogen) atoms. The summed E-state index contributed by atoms with van der Waals surface area (Å²) in [5, 5.41) is 3.27. The van der Waals surface area contributed by atoms with E-state index in [1.165, 1.54) is 0 Å². The van der Waals surface area contributed by atoms with Gasteiger partial charge in [-0.05, 0) is 45.2 Å². The molecular formula is C9H16NO2. The molecule has 1 fully saturated rings. The van der Waals surface area contributed by atoms with Gasteiger partial charge in [-0.2, -0.15) is 0 Å². The van der Waals surface area contributed by atoms with Crippen molar-refractivity contribution in [1.82, 2.24) is 5.32 Å². The van der Waals surface area contributed by atoms with E-state index in [1.807, 2.05) is 0 Å². The van der Waals surface area contributed by atoms with Gasteiger partial charge in [-0.15, -0.1) is 0 Å². The van der Waals surface area contributed by atoms with E-state index in [-0.39, 0.29) is 6.10 Å². The summed E-state index contributed by atoms with van der Waals surface area (Å²) in [4.78, 5) is 10.2. The van der Waals surface area contributed by atoms with E-state index < -0.39 is 0 Å². The molecule has 0 aromatic heterocycles. The molecule has 1 saturated heterocycles. The van der Waals surface area contributed by atoms with Gasteiger partial charge in [0.2, 0.25) is 0 Å². The SMILES string of the molecule is [CH2]CC(OC=O)C1CCNCC1. The number of piperidine rings is 1. The van der Waals surface area contributed by atoms with Crippen molar-refractivity contribution in [2.45, 2.75) is 25.4 Å². The molecule has 0 bridgehead atoms. The second-order valence-electron chi connectivity index (χ2n) is 3.15. The molecule has 1 unspecified atom stereocenters. The van der Waals surface area contributed by atoms with E-state index in [9.17, 15) is 4.79 Å². The van der Waals surface area contributed by atoms with Crippen LogP contribution >= 0.6 is 0 Å². The predicted octanol–water partition coefficient (Wildman–Crippen LogP) is 0.752. The van der Waals surface area contributed by atoms with Crippen molar-refractivity contribution >= 4 is 6.47 Å². The number of nitrogens with one attached hydrogen (secondary N) is 1. The fraction of sp³-hybridized carbons (Fsp3) is 0.778. The van der Waals surface area contributed by atoms with Crippen LogP contribution in [0.25, 0.3) is 0 Å². The summed E-state index contributed by atoms with van der Waals surface area (Å²) >= 11 is 0. The Morgan fingerprint density at radius 2 is 2.25 bits per heavy atom. The summed E-state index contributed by atoms with van der Waals surface area (Å²) in [5.74, 6) is 0.508. The van der Waals surface area contributed by atoms with Crippen molar-refractivity contribution < 1.29 is 9.53 Å². The van der Waals surface area contributed by atoms with Gasteiger partial charge in [-0.3, -0.25) is 4.79 Å². The van der Waals surface area contributed by atoms with Gasteiger partial charge in [0.15, 0.2) is 0 Å². The average Bonchev–Trinajstić information content (AvgIpc) is 2.15. The van der Waals surface area contributed by atoms with Crippen molar-refractivity contribution in [2.75, 3.05) is 13.1 Å². The van der Waals surface area contributed by atoms with Gasteiger partial charge in [-0.25, -0.2) is 0 Å². The third-order valence-corrected chi connectivity index (χ3v) is 2.42. The van der Waals surface area contributed by atoms with E-state index in [0.717, 1.165) is 25.9 Å². The molecule has 1 radical (unpaired) electrons. The monoisotopic (exact) mass is 170 g/mol. The third kappa shape index (κ3) is 2.48. The number of ether oxygens (including phenoxy) is 1. The Hall–Kier alpha value is -0.570. The standard InChI is InChI=1S/C9H16NO2/c1-2-9(12-7-11)8-3-5-10-6-4-8/h7-10H,1-6H2. The number of rotatable bonds is 4. The first kappa shape index (κ1) is 9.52. The first-order chi connectivity index (χ1) is 5.88. The van der Waals surface area contributed by atoms with Crippen LogP contribution in [0.2, 0.25) is 0 Å². The van der Waals surface area contributed by atoms with E-state index in [4.69, 9.17) is 4.74 Å². The highest BCUT2D eigenvalue weighted by Crippen LogP contribution is 2.20. The molecule has 1 atom stereocenters. The van der Waals surface area contributed by atoms with Crippen LogP contribution in [-0.4, -0.2) is 25.7 Å². The fourth-order valence-electron chi connectivity index (χ4n) is 1.70. The first-order valence-electron chi connectivity index (χ1n) is 4.47. The van der Waals surface area contributed by atoms with Gasteiger partial charge in [0.05, 0.1) is 0 Å². The molecule has 3 heteroatoms. The molecule has 1 N–H and O–H groups in total. The van der Waals surface area contributed by atoms with Crippen molar-refractivity contribution in [1.29, 1.82) is 0 Å². The van der Waals surface area contributed by atoms with Crippen LogP contribution in [0.5, 0.6) is 0 Å². The lowest BCUT2D eigenvalue weighted by Crippen LogP contribution is -2.35. The molecular weight excluding hydrogens is 154 g/mol. The second kappa shape index (κ2) is 5.14. The molecule has 0 aliphatic carbocycles. The molecule has 3 nitrogen and oxygen atoms in total. The summed E-state index contributed by atoms with van der Waals surface area (Å²) in [5.41, 5.74) is 0. The minimum atomic E-state index is 0.0320. The summed E-state index contributed by atoms with van der Waals surface area (Å²) in [6, 6.07) is 0. The van der Waals surface area contributed by atoms with Gasteiger partial charge in [0.25, 0.3) is 6.47 Å². The van der Waals surface area contributed by atoms with Crippen molar-refractivity contribution in [3.8, 4) is 0 Å². The van der Waals surface area contributed by atoms with E-state index in [0.29, 0.717) is 18.8 Å². The molecule has 0 saturated carbocycles. The third-order valence-electron chi connectivity index (χ3n) is 2.42. The van der Waals surface area contributed by atoms with E-state index in [1.54, 1.807) is 0 Å². The fourth-order valence-corrected chi connectivity index (χ4v) is 1.70. The maximum atomic E-state index is 10.2. The molecule has 1 heterocycles. The summed E-state index contributed by atoms with van der Waals surface area (Å²) < 4.78 is 4.96. The lowest BCUT2D eigenvalue weighted by molar-refractivity contribution is -0.136. The van der Waals surface area contributed by atoms with Crippen LogP contribution in [0.4, 0.5) is 0 Å². The smallest absolute Gasteiger partial charge is 0.293 e. The van der Waals surface area contributed by atoms with Gasteiger partial charge in [-0.1, -0.05) is 0 Å². The zero-order valence-electron chi connectivity index (χ0n) is 7.29. The van der Waals surface area contributed by atoms with Crippen LogP contribution in [0.3, 0.4) is 0 Å². The minimum absolute atomic E-state index is 0.0320. The molecule has 1 aliphatic heterocycles. The number of carbonyl (C=O) groups excluding carboxylic acids is 1. The maximum Gasteiger partial charge on any atom is 0.293 e. The maximum absolute atomic E-state index is 10.2. The Kier molecular flexibility index (Phi) is 4.08. The Labute approximate surface area is 73.5 Å². The summed E-state index contributed by atoms with van der Waals surface area (Å²) in [7, 11) is 0. The van der Waals surface area contributed by atoms with Crippen LogP contribution in [0.1, 0.15) is 19.3 Å². The van der Waals surface area contributed by atoms with Crippen LogP contribution in [0, 0.1) is 12.8 Å². The molecule has 0 spiro atoms. The average molecular weight is 170 g/mol. The second-order valence-corrected chi connectivity index (χ2v) is 3.15. The summed E-state index contributed by atoms with van der Waals surface area (Å²) in [6.45, 7) is 6.38. The zero-order chi connectivity index (χ0) is 8.81. The number of carbonyl (C=O) groups is 1. The predicted molar refractivity (Wildman–Crippen MR) is 46.5 cm³/mol. The molecule has 0 aromatic rings. The zero-order valence-corrected chi connectivity index (χ0v) is 7.29. The highest BCUT2D eigenvalue weighted by molar-refractivity contribution is 5.37. The Bertz CT molecular complexity index is 132. The largest absolute Gasteiger partial charge is 0.464 e. The van der Waals surface area contributed by atoms with Gasteiger partial charge < -0.3 is 10.1 Å². The number of hydrogen-bond acceptors (Lipinski definition) is 3. The van der Waals surface area contributed by atoms with Crippen molar-refractivity contribution in [3.63, 3.8) is 0 Å². The Morgan fingerprint density at radius 1 is 1.58 bits per heavy atom. The molecule has 69 valence electrons. The quantitative estimate of drug-likeness (QED) is 0.633. The van der Waals surface area contributed by atoms with Crippen LogP contribution < -0.4 is 5.32 Å². The molecule has 1 aliphatic rings. The molecule has 1 rings (SSSR count). The lowest BCUT2D eigenvalue weighted by atomic mass is 9.91. The van der Waals surface area contributed by atoms with Crippen LogP contribution in [0.15, 0.2) is 0 Å². The van der Waals surface area contributed by atoms with Gasteiger partial charge >= 0.3 is 0 Å². The highest BCUT2D eigenvalue weighted by Gasteiger charge is 2.22. The van der Waals surface area contributed by atoms with Gasteiger partial charge in [0.1, 0.15) is 6.10 Å². The minimum Gasteiger partial charge on any atom is -0.464 e. The lowest BCUT2D eigenvalue weighted by Gasteiger charge is -2.28. The summed E-state index contributed by atoms with van der Waals surface area (Å²) in [6.07, 6.45) is 2.90. The normalized spacial score (nSPS) is 21.8. The van der Waals surface area contributed by atoms with Crippen molar-refractivity contribution in [2.24, 2.45) is 5.92 Å². The van der Waals surface area contributed by atoms with Crippen molar-refractivity contribution in [3.05, 3.63) is 6.92 Å². The number of hydrogen-bond donors (Lipinski definition) is 1. The topological polar surface area (TPSA) is 38.3 Å². The molecule has 0 aromatic carbocycles. The van der Waals surface area contributed by atoms with Crippen LogP contribution in [-0.2, 0) is 9.53 Å².